The van der Waals surface area contributed by atoms with Crippen LogP contribution >= 0.6 is 11.6 Å². The number of hydrogen-bond donors (Lipinski definition) is 2. The van der Waals surface area contributed by atoms with Crippen molar-refractivity contribution in [3.63, 3.8) is 0 Å². The lowest BCUT2D eigenvalue weighted by molar-refractivity contribution is 0.328. The van der Waals surface area contributed by atoms with Gasteiger partial charge in [-0.05, 0) is 43.7 Å². The Morgan fingerprint density at radius 1 is 1.21 bits per heavy atom. The first-order valence-electron chi connectivity index (χ1n) is 12.3. The smallest absolute Gasteiger partial charge is 0.262 e. The van der Waals surface area contributed by atoms with Gasteiger partial charge in [0.1, 0.15) is 6.07 Å². The van der Waals surface area contributed by atoms with Crippen LogP contribution in [0.3, 0.4) is 0 Å². The Bertz CT molecular complexity index is 1630. The quantitative estimate of drug-likeness (QED) is 0.328. The van der Waals surface area contributed by atoms with Gasteiger partial charge in [0, 0.05) is 50.7 Å². The highest BCUT2D eigenvalue weighted by atomic mass is 35.5. The van der Waals surface area contributed by atoms with E-state index in [1.807, 2.05) is 25.2 Å². The maximum atomic E-state index is 12.9. The average Bonchev–Trinajstić information content (AvgIpc) is 3.59. The average molecular weight is 567 g/mol. The first-order chi connectivity index (χ1) is 18.8. The summed E-state index contributed by atoms with van der Waals surface area (Å²) in [7, 11) is -0.0783. The summed E-state index contributed by atoms with van der Waals surface area (Å²) < 4.78 is 30.3. The van der Waals surface area contributed by atoms with Gasteiger partial charge in [-0.25, -0.2) is 23.1 Å². The standard InChI is InChI=1S/C25H27ClN10O2S/c1-28-13-17-3-4-22(21(26)11-17)36-16-19(15-30-36)24-18(12-27)14-29-25(32-24)31-20-5-9-35(10-6-20)39(37,38)23-7-8-34(2)33-23/h3-4,7-8,11,14-16,20,28H,5-6,9-10,13H2,1-2H3,(H,29,31,32). The van der Waals surface area contributed by atoms with Crippen molar-refractivity contribution in [1.82, 2.24) is 39.2 Å². The number of aryl methyl sites for hydroxylation is 1. The van der Waals surface area contributed by atoms with Crippen molar-refractivity contribution in [3.8, 4) is 23.0 Å². The van der Waals surface area contributed by atoms with E-state index in [1.165, 1.54) is 21.3 Å². The SMILES string of the molecule is CNCc1ccc(-n2cc(-c3nc(NC4CCN(S(=O)(=O)c5ccn(C)n5)CC4)ncc3C#N)cn2)c(Cl)c1. The largest absolute Gasteiger partial charge is 0.351 e. The molecule has 1 saturated heterocycles. The molecular weight excluding hydrogens is 540 g/mol. The Hall–Kier alpha value is -3.83. The highest BCUT2D eigenvalue weighted by Crippen LogP contribution is 2.27. The monoisotopic (exact) mass is 566 g/mol. The zero-order valence-electron chi connectivity index (χ0n) is 21.4. The molecule has 14 heteroatoms. The van der Waals surface area contributed by atoms with Gasteiger partial charge in [0.05, 0.1) is 34.4 Å². The van der Waals surface area contributed by atoms with E-state index in [0.717, 1.165) is 5.56 Å². The van der Waals surface area contributed by atoms with Crippen molar-refractivity contribution in [2.24, 2.45) is 7.05 Å². The fraction of sp³-hybridized carbons (Fsp3) is 0.320. The first kappa shape index (κ1) is 26.8. The first-order valence-corrected chi connectivity index (χ1v) is 14.1. The molecule has 0 saturated carbocycles. The summed E-state index contributed by atoms with van der Waals surface area (Å²) in [6.45, 7) is 1.40. The van der Waals surface area contributed by atoms with Gasteiger partial charge < -0.3 is 10.6 Å². The van der Waals surface area contributed by atoms with Crippen molar-refractivity contribution in [2.75, 3.05) is 25.5 Å². The molecule has 0 unspecified atom stereocenters. The van der Waals surface area contributed by atoms with Crippen LogP contribution in [-0.2, 0) is 23.6 Å². The Kier molecular flexibility index (Phi) is 7.62. The molecule has 5 rings (SSSR count). The molecule has 39 heavy (non-hydrogen) atoms. The summed E-state index contributed by atoms with van der Waals surface area (Å²) in [5.41, 5.74) is 3.16. The molecule has 1 aliphatic rings. The summed E-state index contributed by atoms with van der Waals surface area (Å²) >= 11 is 6.50. The molecule has 0 amide bonds. The van der Waals surface area contributed by atoms with Gasteiger partial charge in [-0.3, -0.25) is 4.68 Å². The van der Waals surface area contributed by atoms with Crippen LogP contribution in [0.5, 0.6) is 0 Å². The predicted molar refractivity (Wildman–Crippen MR) is 146 cm³/mol. The van der Waals surface area contributed by atoms with Crippen molar-refractivity contribution in [1.29, 1.82) is 5.26 Å². The lowest BCUT2D eigenvalue weighted by atomic mass is 10.1. The number of anilines is 1. The molecule has 0 atom stereocenters. The van der Waals surface area contributed by atoms with Crippen LogP contribution in [-0.4, -0.2) is 68.4 Å². The minimum Gasteiger partial charge on any atom is -0.351 e. The van der Waals surface area contributed by atoms with Crippen molar-refractivity contribution < 1.29 is 8.42 Å². The van der Waals surface area contributed by atoms with E-state index in [1.54, 1.807) is 30.3 Å². The summed E-state index contributed by atoms with van der Waals surface area (Å²) in [5, 5.41) is 25.1. The number of nitrogens with zero attached hydrogens (tertiary/aromatic N) is 8. The Morgan fingerprint density at radius 2 is 2.00 bits per heavy atom. The Labute approximate surface area is 231 Å². The second-order valence-electron chi connectivity index (χ2n) is 9.21. The maximum absolute atomic E-state index is 12.9. The highest BCUT2D eigenvalue weighted by molar-refractivity contribution is 7.89. The van der Waals surface area contributed by atoms with Gasteiger partial charge in [-0.2, -0.15) is 19.8 Å². The summed E-state index contributed by atoms with van der Waals surface area (Å²) in [4.78, 5) is 8.92. The summed E-state index contributed by atoms with van der Waals surface area (Å²) in [6.07, 6.45) is 7.64. The maximum Gasteiger partial charge on any atom is 0.262 e. The Balaban J connectivity index is 1.30. The molecule has 0 spiro atoms. The van der Waals surface area contributed by atoms with Crippen LogP contribution in [0.25, 0.3) is 16.9 Å². The molecule has 0 aliphatic carbocycles. The summed E-state index contributed by atoms with van der Waals surface area (Å²) in [5.74, 6) is 0.359. The van der Waals surface area contributed by atoms with Crippen LogP contribution < -0.4 is 10.6 Å². The van der Waals surface area contributed by atoms with E-state index >= 15 is 0 Å². The predicted octanol–water partition coefficient (Wildman–Crippen LogP) is 2.57. The molecule has 202 valence electrons. The minimum absolute atomic E-state index is 0.0291. The number of nitriles is 1. The number of hydrogen-bond acceptors (Lipinski definition) is 9. The number of benzene rings is 1. The van der Waals surface area contributed by atoms with Gasteiger partial charge in [0.15, 0.2) is 5.03 Å². The highest BCUT2D eigenvalue weighted by Gasteiger charge is 2.31. The molecule has 1 fully saturated rings. The molecule has 4 aromatic rings. The van der Waals surface area contributed by atoms with Gasteiger partial charge in [0.2, 0.25) is 5.95 Å². The molecule has 0 bridgehead atoms. The van der Waals surface area contributed by atoms with Gasteiger partial charge in [-0.1, -0.05) is 17.7 Å². The van der Waals surface area contributed by atoms with E-state index in [9.17, 15) is 13.7 Å². The third-order valence-corrected chi connectivity index (χ3v) is 8.58. The molecule has 2 N–H and O–H groups in total. The normalized spacial score (nSPS) is 14.8. The molecule has 1 aromatic carbocycles. The zero-order chi connectivity index (χ0) is 27.6. The number of rotatable bonds is 8. The molecule has 12 nitrogen and oxygen atoms in total. The van der Waals surface area contributed by atoms with Crippen molar-refractivity contribution in [2.45, 2.75) is 30.5 Å². The van der Waals surface area contributed by atoms with Gasteiger partial charge in [0.25, 0.3) is 10.0 Å². The third-order valence-electron chi connectivity index (χ3n) is 6.49. The number of sulfonamides is 1. The number of aromatic nitrogens is 6. The van der Waals surface area contributed by atoms with Crippen LogP contribution in [0.1, 0.15) is 24.0 Å². The number of halogens is 1. The number of piperidine rings is 1. The Morgan fingerprint density at radius 3 is 2.67 bits per heavy atom. The van der Waals surface area contributed by atoms with E-state index in [4.69, 9.17) is 11.6 Å². The van der Waals surface area contributed by atoms with E-state index in [-0.39, 0.29) is 11.1 Å². The summed E-state index contributed by atoms with van der Waals surface area (Å²) in [6, 6.07) is 9.36. The zero-order valence-corrected chi connectivity index (χ0v) is 23.0. The van der Waals surface area contributed by atoms with Crippen LogP contribution in [0.4, 0.5) is 5.95 Å². The lowest BCUT2D eigenvalue weighted by Gasteiger charge is -2.31. The second-order valence-corrected chi connectivity index (χ2v) is 11.5. The minimum atomic E-state index is -3.63. The fourth-order valence-corrected chi connectivity index (χ4v) is 6.18. The van der Waals surface area contributed by atoms with E-state index in [2.05, 4.69) is 36.9 Å². The van der Waals surface area contributed by atoms with Gasteiger partial charge >= 0.3 is 0 Å². The molecule has 0 radical (unpaired) electrons. The van der Waals surface area contributed by atoms with E-state index in [0.29, 0.717) is 66.0 Å². The van der Waals surface area contributed by atoms with Crippen LogP contribution in [0, 0.1) is 11.3 Å². The van der Waals surface area contributed by atoms with Crippen molar-refractivity contribution in [3.05, 3.63) is 65.2 Å². The van der Waals surface area contributed by atoms with E-state index < -0.39 is 10.0 Å². The van der Waals surface area contributed by atoms with Gasteiger partial charge in [-0.15, -0.1) is 0 Å². The van der Waals surface area contributed by atoms with Crippen LogP contribution in [0.2, 0.25) is 5.02 Å². The fourth-order valence-electron chi connectivity index (χ4n) is 4.47. The lowest BCUT2D eigenvalue weighted by Crippen LogP contribution is -2.42. The molecule has 4 heterocycles. The molecule has 1 aliphatic heterocycles. The molecular formula is C25H27ClN10O2S. The molecule has 3 aromatic heterocycles. The number of nitrogens with one attached hydrogen (secondary N) is 2. The third kappa shape index (κ3) is 5.64. The second kappa shape index (κ2) is 11.1. The van der Waals surface area contributed by atoms with Crippen molar-refractivity contribution >= 4 is 27.6 Å². The topological polar surface area (TPSA) is 147 Å². The van der Waals surface area contributed by atoms with Crippen LogP contribution in [0.15, 0.2) is 54.1 Å².